The predicted molar refractivity (Wildman–Crippen MR) is 168 cm³/mol. The summed E-state index contributed by atoms with van der Waals surface area (Å²) < 4.78 is 13.0. The van der Waals surface area contributed by atoms with Crippen molar-refractivity contribution in [3.05, 3.63) is 58.1 Å². The number of carbonyl (C=O) groups excluding carboxylic acids is 3. The molecule has 3 fully saturated rings. The zero-order valence-corrected chi connectivity index (χ0v) is 26.9. The molecule has 2 aliphatic heterocycles. The van der Waals surface area contributed by atoms with E-state index in [4.69, 9.17) is 9.47 Å². The third-order valence-corrected chi connectivity index (χ3v) is 9.47. The maximum atomic E-state index is 14.0. The summed E-state index contributed by atoms with van der Waals surface area (Å²) in [4.78, 5) is 55.0. The molecule has 1 N–H and O–H groups in total. The van der Waals surface area contributed by atoms with E-state index >= 15 is 0 Å². The second kappa shape index (κ2) is 11.0. The molecule has 1 aliphatic carbocycles. The van der Waals surface area contributed by atoms with Gasteiger partial charge in [0.1, 0.15) is 34.8 Å². The summed E-state index contributed by atoms with van der Waals surface area (Å²) >= 11 is 3.36. The number of likely N-dealkylation sites (tertiary alicyclic amines) is 1. The summed E-state index contributed by atoms with van der Waals surface area (Å²) in [6.45, 7) is 8.31. The lowest BCUT2D eigenvalue weighted by Crippen LogP contribution is -2.47. The number of amides is 2. The van der Waals surface area contributed by atoms with Crippen LogP contribution in [0, 0.1) is 19.3 Å². The Bertz CT molecular complexity index is 1870. The highest BCUT2D eigenvalue weighted by Crippen LogP contribution is 2.59. The van der Waals surface area contributed by atoms with Gasteiger partial charge in [0.15, 0.2) is 5.78 Å². The van der Waals surface area contributed by atoms with E-state index in [9.17, 15) is 14.4 Å². The summed E-state index contributed by atoms with van der Waals surface area (Å²) in [5.41, 5.74) is 4.09. The van der Waals surface area contributed by atoms with Crippen LogP contribution in [0.15, 0.2) is 41.3 Å². The van der Waals surface area contributed by atoms with Crippen molar-refractivity contribution >= 4 is 50.2 Å². The summed E-state index contributed by atoms with van der Waals surface area (Å²) in [6.07, 6.45) is 4.74. The predicted octanol–water partition coefficient (Wildman–Crippen LogP) is 4.27. The largest absolute Gasteiger partial charge is 0.455 e. The van der Waals surface area contributed by atoms with Gasteiger partial charge in [-0.15, -0.1) is 0 Å². The molecule has 5 heterocycles. The summed E-state index contributed by atoms with van der Waals surface area (Å²) in [7, 11) is 0. The number of piperidine rings is 1. The van der Waals surface area contributed by atoms with Crippen LogP contribution in [0.5, 0.6) is 6.01 Å². The highest BCUT2D eigenvalue weighted by molar-refractivity contribution is 9.10. The average Bonchev–Trinajstić information content (AvgIpc) is 3.33. The topological polar surface area (TPSA) is 141 Å². The highest BCUT2D eigenvalue weighted by atomic mass is 79.9. The van der Waals surface area contributed by atoms with Crippen LogP contribution in [0.3, 0.4) is 0 Å². The lowest BCUT2D eigenvalue weighted by Gasteiger charge is -2.27. The zero-order valence-electron chi connectivity index (χ0n) is 25.3. The van der Waals surface area contributed by atoms with Gasteiger partial charge in [-0.3, -0.25) is 19.1 Å². The van der Waals surface area contributed by atoms with Crippen molar-refractivity contribution in [2.24, 2.45) is 5.41 Å². The van der Waals surface area contributed by atoms with Crippen molar-refractivity contribution in [2.45, 2.75) is 65.3 Å². The van der Waals surface area contributed by atoms with Gasteiger partial charge < -0.3 is 19.7 Å². The van der Waals surface area contributed by atoms with Crippen molar-refractivity contribution < 1.29 is 23.9 Å². The van der Waals surface area contributed by atoms with E-state index in [0.717, 1.165) is 28.7 Å². The number of ether oxygens (including phenoxy) is 2. The van der Waals surface area contributed by atoms with Gasteiger partial charge in [0.2, 0.25) is 11.8 Å². The number of pyridine rings is 1. The molecule has 12 nitrogen and oxygen atoms in total. The van der Waals surface area contributed by atoms with Crippen molar-refractivity contribution in [3.63, 3.8) is 0 Å². The van der Waals surface area contributed by atoms with Crippen molar-refractivity contribution in [1.29, 1.82) is 0 Å². The van der Waals surface area contributed by atoms with Crippen LogP contribution in [0.25, 0.3) is 22.0 Å². The minimum absolute atomic E-state index is 0.0251. The van der Waals surface area contributed by atoms with E-state index in [0.29, 0.717) is 41.0 Å². The number of Topliss-reactive ketones (excluding diaryl/α,β-unsaturated/α-hetero) is 1. The Kier molecular flexibility index (Phi) is 7.20. The fourth-order valence-corrected chi connectivity index (χ4v) is 6.74. The summed E-state index contributed by atoms with van der Waals surface area (Å²) in [5.74, 6) is -0.232. The molecular weight excluding hydrogens is 642 g/mol. The normalized spacial score (nSPS) is 22.2. The first-order valence-corrected chi connectivity index (χ1v) is 15.6. The van der Waals surface area contributed by atoms with E-state index in [1.54, 1.807) is 22.0 Å². The zero-order chi connectivity index (χ0) is 31.6. The van der Waals surface area contributed by atoms with E-state index in [-0.39, 0.29) is 53.4 Å². The molecule has 0 bridgehead atoms. The average molecular weight is 675 g/mol. The molecule has 13 heteroatoms. The van der Waals surface area contributed by atoms with Gasteiger partial charge in [0, 0.05) is 36.3 Å². The molecule has 3 atom stereocenters. The number of aryl methyl sites for hydroxylation is 2. The van der Waals surface area contributed by atoms with Crippen molar-refractivity contribution in [2.75, 3.05) is 18.5 Å². The minimum Gasteiger partial charge on any atom is -0.455 e. The van der Waals surface area contributed by atoms with Gasteiger partial charge in [-0.25, -0.2) is 15.0 Å². The molecule has 1 unspecified atom stereocenters. The van der Waals surface area contributed by atoms with Crippen LogP contribution in [-0.4, -0.2) is 78.6 Å². The number of aromatic nitrogens is 5. The number of nitrogens with one attached hydrogen (secondary N) is 1. The van der Waals surface area contributed by atoms with Crippen molar-refractivity contribution in [1.82, 2.24) is 29.6 Å². The number of hydrogen-bond acceptors (Lipinski definition) is 9. The molecule has 2 saturated heterocycles. The second-order valence-corrected chi connectivity index (χ2v) is 13.3. The second-order valence-electron chi connectivity index (χ2n) is 12.5. The Hall–Kier alpha value is -4.23. The lowest BCUT2D eigenvalue weighted by molar-refractivity contribution is -0.138. The number of halogens is 1. The standard InChI is InChI=1S/C32H32BrN7O5/c1-16-5-6-25(33)36-29(16)37-30(43)23-9-32(4)10-24(32)40(23)26(42)13-39-28-17(2)7-19(8-22(28)27(38-39)18(3)41)20-11-34-31(35-12-20)45-21-14-44-15-21/h5-8,11-12,21,23-24H,9-10,13-15H2,1-4H3,(H,36,37,43)/t23-,24?,32-/m0/s1. The third-order valence-electron chi connectivity index (χ3n) is 9.02. The van der Waals surface area contributed by atoms with Crippen LogP contribution in [0.2, 0.25) is 0 Å². The molecule has 3 aliphatic rings. The molecule has 0 spiro atoms. The van der Waals surface area contributed by atoms with Crippen LogP contribution in [-0.2, 0) is 20.9 Å². The quantitative estimate of drug-likeness (QED) is 0.214. The van der Waals surface area contributed by atoms with E-state index in [1.165, 1.54) is 6.92 Å². The molecule has 232 valence electrons. The summed E-state index contributed by atoms with van der Waals surface area (Å²) in [6, 6.07) is 7.15. The number of benzene rings is 1. The number of anilines is 1. The molecule has 1 aromatic carbocycles. The van der Waals surface area contributed by atoms with E-state index < -0.39 is 6.04 Å². The minimum atomic E-state index is -0.632. The molecule has 0 radical (unpaired) electrons. The fourth-order valence-electron chi connectivity index (χ4n) is 6.43. The van der Waals surface area contributed by atoms with Crippen LogP contribution in [0.1, 0.15) is 48.3 Å². The first-order valence-electron chi connectivity index (χ1n) is 14.8. The number of ketones is 1. The maximum absolute atomic E-state index is 14.0. The Balaban J connectivity index is 1.16. The Morgan fingerprint density at radius 1 is 1.09 bits per heavy atom. The monoisotopic (exact) mass is 673 g/mol. The van der Waals surface area contributed by atoms with Gasteiger partial charge in [0.05, 0.1) is 18.7 Å². The molecule has 45 heavy (non-hydrogen) atoms. The molecule has 4 aromatic rings. The van der Waals surface area contributed by atoms with Crippen LogP contribution >= 0.6 is 15.9 Å². The Labute approximate surface area is 267 Å². The van der Waals surface area contributed by atoms with Gasteiger partial charge >= 0.3 is 6.01 Å². The van der Waals surface area contributed by atoms with Crippen LogP contribution in [0.4, 0.5) is 5.82 Å². The fraction of sp³-hybridized carbons (Fsp3) is 0.406. The van der Waals surface area contributed by atoms with Gasteiger partial charge in [-0.1, -0.05) is 13.0 Å². The lowest BCUT2D eigenvalue weighted by atomic mass is 10.0. The number of nitrogens with zero attached hydrogens (tertiary/aromatic N) is 6. The Morgan fingerprint density at radius 2 is 1.84 bits per heavy atom. The smallest absolute Gasteiger partial charge is 0.316 e. The van der Waals surface area contributed by atoms with Crippen molar-refractivity contribution in [3.8, 4) is 17.1 Å². The number of fused-ring (bicyclic) bond motifs is 2. The van der Waals surface area contributed by atoms with E-state index in [2.05, 4.69) is 48.2 Å². The van der Waals surface area contributed by atoms with Crippen LogP contribution < -0.4 is 10.1 Å². The van der Waals surface area contributed by atoms with Gasteiger partial charge in [-0.2, -0.15) is 5.10 Å². The molecule has 7 rings (SSSR count). The number of rotatable bonds is 8. The maximum Gasteiger partial charge on any atom is 0.316 e. The first-order chi connectivity index (χ1) is 21.5. The number of hydrogen-bond donors (Lipinski definition) is 1. The molecule has 2 amide bonds. The Morgan fingerprint density at radius 3 is 2.53 bits per heavy atom. The van der Waals surface area contributed by atoms with Gasteiger partial charge in [0.25, 0.3) is 0 Å². The third kappa shape index (κ3) is 5.37. The molecule has 3 aromatic heterocycles. The number of carbonyl (C=O) groups is 3. The van der Waals surface area contributed by atoms with E-state index in [1.807, 2.05) is 38.1 Å². The summed E-state index contributed by atoms with van der Waals surface area (Å²) in [5, 5.41) is 8.19. The molecular formula is C32H32BrN7O5. The van der Waals surface area contributed by atoms with Gasteiger partial charge in [-0.05, 0) is 82.9 Å². The highest BCUT2D eigenvalue weighted by Gasteiger charge is 2.64. The first kappa shape index (κ1) is 29.5. The molecule has 1 saturated carbocycles. The SMILES string of the molecule is CC(=O)c1nn(CC(=O)N2C3C[C@]3(C)C[C@H]2C(=O)Nc2nc(Br)ccc2C)c2c(C)cc(-c3cnc(OC4COC4)nc3)cc12.